The van der Waals surface area contributed by atoms with Crippen molar-refractivity contribution < 1.29 is 9.13 Å². The van der Waals surface area contributed by atoms with Gasteiger partial charge in [-0.25, -0.2) is 4.39 Å². The Balaban J connectivity index is 2.47. The summed E-state index contributed by atoms with van der Waals surface area (Å²) >= 11 is 0. The summed E-state index contributed by atoms with van der Waals surface area (Å²) in [6.07, 6.45) is 0. The molecule has 0 saturated carbocycles. The highest BCUT2D eigenvalue weighted by Gasteiger charge is 2.18. The number of nitrogen functional groups attached to an aromatic ring is 1. The molecule has 13 heavy (non-hydrogen) atoms. The van der Waals surface area contributed by atoms with Crippen LogP contribution in [-0.2, 0) is 0 Å². The molecule has 4 heteroatoms. The van der Waals surface area contributed by atoms with Gasteiger partial charge in [0.1, 0.15) is 23.9 Å². The monoisotopic (exact) mass is 182 g/mol. The highest BCUT2D eigenvalue weighted by molar-refractivity contribution is 5.74. The quantitative estimate of drug-likeness (QED) is 0.599. The summed E-state index contributed by atoms with van der Waals surface area (Å²) in [6.45, 7) is 2.52. The van der Waals surface area contributed by atoms with Gasteiger partial charge in [-0.15, -0.1) is 0 Å². The van der Waals surface area contributed by atoms with E-state index in [1.165, 1.54) is 12.1 Å². The van der Waals surface area contributed by atoms with Gasteiger partial charge < -0.3 is 15.8 Å². The van der Waals surface area contributed by atoms with Gasteiger partial charge in [-0.05, 0) is 13.0 Å². The van der Waals surface area contributed by atoms with Crippen LogP contribution in [0.2, 0.25) is 0 Å². The summed E-state index contributed by atoms with van der Waals surface area (Å²) in [7, 11) is 0. The number of halogens is 1. The zero-order chi connectivity index (χ0) is 9.42. The van der Waals surface area contributed by atoms with Crippen LogP contribution in [0.4, 0.5) is 15.8 Å². The number of hydrogen-bond donors (Lipinski definition) is 2. The fourth-order valence-corrected chi connectivity index (χ4v) is 1.37. The van der Waals surface area contributed by atoms with E-state index in [-0.39, 0.29) is 11.9 Å². The Morgan fingerprint density at radius 2 is 2.38 bits per heavy atom. The molecule has 1 aromatic carbocycles. The van der Waals surface area contributed by atoms with Gasteiger partial charge in [0.2, 0.25) is 0 Å². The molecule has 0 aliphatic carbocycles. The van der Waals surface area contributed by atoms with Crippen molar-refractivity contribution in [1.29, 1.82) is 0 Å². The highest BCUT2D eigenvalue weighted by Crippen LogP contribution is 2.34. The number of nitrogens with two attached hydrogens (primary N) is 1. The van der Waals surface area contributed by atoms with Crippen LogP contribution in [0.1, 0.15) is 6.92 Å². The second-order valence-corrected chi connectivity index (χ2v) is 3.22. The van der Waals surface area contributed by atoms with Crippen LogP contribution in [0.3, 0.4) is 0 Å². The fraction of sp³-hybridized carbons (Fsp3) is 0.333. The SMILES string of the molecule is C[C@H]1COc2cc(F)cc(N)c2N1. The fourth-order valence-electron chi connectivity index (χ4n) is 1.37. The van der Waals surface area contributed by atoms with Crippen molar-refractivity contribution in [3.63, 3.8) is 0 Å². The predicted molar refractivity (Wildman–Crippen MR) is 49.4 cm³/mol. The van der Waals surface area contributed by atoms with Gasteiger partial charge in [0.25, 0.3) is 0 Å². The van der Waals surface area contributed by atoms with Crippen molar-refractivity contribution in [2.75, 3.05) is 17.7 Å². The second kappa shape index (κ2) is 2.80. The highest BCUT2D eigenvalue weighted by atomic mass is 19.1. The first kappa shape index (κ1) is 8.16. The van der Waals surface area contributed by atoms with Crippen molar-refractivity contribution in [2.45, 2.75) is 13.0 Å². The molecular formula is C9H11FN2O. The van der Waals surface area contributed by atoms with Crippen LogP contribution in [0.25, 0.3) is 0 Å². The Kier molecular flexibility index (Phi) is 1.76. The summed E-state index contributed by atoms with van der Waals surface area (Å²) in [6, 6.07) is 2.83. The smallest absolute Gasteiger partial charge is 0.147 e. The lowest BCUT2D eigenvalue weighted by Gasteiger charge is -2.25. The average molecular weight is 182 g/mol. The molecule has 0 fully saturated rings. The van der Waals surface area contributed by atoms with E-state index < -0.39 is 0 Å². The topological polar surface area (TPSA) is 47.3 Å². The van der Waals surface area contributed by atoms with Gasteiger partial charge >= 0.3 is 0 Å². The second-order valence-electron chi connectivity index (χ2n) is 3.22. The standard InChI is InChI=1S/C9H11FN2O/c1-5-4-13-8-3-6(10)2-7(11)9(8)12-5/h2-3,5,12H,4,11H2,1H3/t5-/m0/s1. The van der Waals surface area contributed by atoms with E-state index in [0.29, 0.717) is 23.7 Å². The minimum Gasteiger partial charge on any atom is -0.489 e. The van der Waals surface area contributed by atoms with Crippen molar-refractivity contribution in [2.24, 2.45) is 0 Å². The maximum absolute atomic E-state index is 12.9. The van der Waals surface area contributed by atoms with Crippen molar-refractivity contribution in [1.82, 2.24) is 0 Å². The summed E-state index contributed by atoms with van der Waals surface area (Å²) in [5, 5.41) is 3.14. The van der Waals surface area contributed by atoms with E-state index in [9.17, 15) is 4.39 Å². The van der Waals surface area contributed by atoms with Gasteiger partial charge in [-0.2, -0.15) is 0 Å². The van der Waals surface area contributed by atoms with Crippen LogP contribution in [-0.4, -0.2) is 12.6 Å². The maximum atomic E-state index is 12.9. The number of nitrogens with one attached hydrogen (secondary N) is 1. The van der Waals surface area contributed by atoms with E-state index in [4.69, 9.17) is 10.5 Å². The number of ether oxygens (including phenoxy) is 1. The van der Waals surface area contributed by atoms with Crippen LogP contribution in [0, 0.1) is 5.82 Å². The van der Waals surface area contributed by atoms with Crippen LogP contribution in [0.5, 0.6) is 5.75 Å². The Morgan fingerprint density at radius 1 is 1.62 bits per heavy atom. The molecule has 1 aliphatic rings. The third-order valence-corrected chi connectivity index (χ3v) is 1.98. The van der Waals surface area contributed by atoms with Crippen LogP contribution in [0.15, 0.2) is 12.1 Å². The summed E-state index contributed by atoms with van der Waals surface area (Å²) in [5.41, 5.74) is 6.71. The van der Waals surface area contributed by atoms with E-state index in [0.717, 1.165) is 0 Å². The Bertz CT molecular complexity index is 341. The minimum atomic E-state index is -0.368. The van der Waals surface area contributed by atoms with E-state index in [1.807, 2.05) is 6.92 Å². The molecule has 1 heterocycles. The number of fused-ring (bicyclic) bond motifs is 1. The third-order valence-electron chi connectivity index (χ3n) is 1.98. The molecule has 0 bridgehead atoms. The van der Waals surface area contributed by atoms with Crippen LogP contribution < -0.4 is 15.8 Å². The van der Waals surface area contributed by atoms with E-state index in [2.05, 4.69) is 5.32 Å². The zero-order valence-corrected chi connectivity index (χ0v) is 7.30. The maximum Gasteiger partial charge on any atom is 0.147 e. The molecule has 0 spiro atoms. The van der Waals surface area contributed by atoms with Gasteiger partial charge in [0.15, 0.2) is 0 Å². The molecule has 0 saturated heterocycles. The van der Waals surface area contributed by atoms with E-state index >= 15 is 0 Å². The normalized spacial score (nSPS) is 20.0. The first-order valence-electron chi connectivity index (χ1n) is 4.15. The van der Waals surface area contributed by atoms with Crippen molar-refractivity contribution in [3.05, 3.63) is 17.9 Å². The lowest BCUT2D eigenvalue weighted by molar-refractivity contribution is 0.290. The molecule has 0 amide bonds. The molecule has 0 unspecified atom stereocenters. The molecule has 0 radical (unpaired) electrons. The lowest BCUT2D eigenvalue weighted by Crippen LogP contribution is -2.28. The zero-order valence-electron chi connectivity index (χ0n) is 7.30. The van der Waals surface area contributed by atoms with E-state index in [1.54, 1.807) is 0 Å². The molecule has 1 aromatic rings. The number of anilines is 2. The van der Waals surface area contributed by atoms with Gasteiger partial charge in [0, 0.05) is 6.07 Å². The van der Waals surface area contributed by atoms with Crippen molar-refractivity contribution >= 4 is 11.4 Å². The summed E-state index contributed by atoms with van der Waals surface area (Å²) < 4.78 is 18.2. The summed E-state index contributed by atoms with van der Waals surface area (Å²) in [5.74, 6) is 0.128. The molecule has 0 aromatic heterocycles. The van der Waals surface area contributed by atoms with Crippen molar-refractivity contribution in [3.8, 4) is 5.75 Å². The molecule has 3 N–H and O–H groups in total. The molecular weight excluding hydrogens is 171 g/mol. The van der Waals surface area contributed by atoms with Gasteiger partial charge in [0.05, 0.1) is 11.7 Å². The molecule has 1 aliphatic heterocycles. The summed E-state index contributed by atoms with van der Waals surface area (Å²) in [4.78, 5) is 0. The first-order valence-corrected chi connectivity index (χ1v) is 4.15. The molecule has 70 valence electrons. The lowest BCUT2D eigenvalue weighted by atomic mass is 10.2. The number of hydrogen-bond acceptors (Lipinski definition) is 3. The van der Waals surface area contributed by atoms with Gasteiger partial charge in [-0.3, -0.25) is 0 Å². The number of benzene rings is 1. The predicted octanol–water partition coefficient (Wildman–Crippen LogP) is 1.60. The molecule has 3 nitrogen and oxygen atoms in total. The first-order chi connectivity index (χ1) is 6.16. The number of rotatable bonds is 0. The molecule has 2 rings (SSSR count). The van der Waals surface area contributed by atoms with Crippen LogP contribution >= 0.6 is 0 Å². The Morgan fingerprint density at radius 3 is 3.15 bits per heavy atom. The average Bonchev–Trinajstić information content (AvgIpc) is 2.06. The molecule has 1 atom stereocenters. The Hall–Kier alpha value is -1.45. The third kappa shape index (κ3) is 1.39. The van der Waals surface area contributed by atoms with Gasteiger partial charge in [-0.1, -0.05) is 0 Å². The minimum absolute atomic E-state index is 0.209. The largest absolute Gasteiger partial charge is 0.489 e. The Labute approximate surface area is 75.7 Å².